The fourth-order valence-corrected chi connectivity index (χ4v) is 13.3. The molecule has 0 aromatic carbocycles. The molecule has 17 nitrogen and oxygen atoms in total. The monoisotopic (exact) mass is 1430 g/mol. The second kappa shape index (κ2) is 72.9. The van der Waals surface area contributed by atoms with Crippen molar-refractivity contribution in [1.82, 2.24) is 0 Å². The molecule has 0 spiro atoms. The molecule has 0 rings (SSSR count). The Morgan fingerprint density at radius 1 is 0.276 bits per heavy atom. The topological polar surface area (TPSA) is 237 Å². The Labute approximate surface area is 599 Å². The normalized spacial score (nSPS) is 14.0. The molecule has 0 saturated heterocycles. The Hall–Kier alpha value is -2.46. The third-order valence-corrected chi connectivity index (χ3v) is 19.8. The number of phosphoric ester groups is 2. The number of aliphatic hydroxyl groups is 1. The van der Waals surface area contributed by atoms with Crippen LogP contribution < -0.4 is 0 Å². The summed E-state index contributed by atoms with van der Waals surface area (Å²) in [5.41, 5.74) is 0. The first kappa shape index (κ1) is 95.5. The number of allylic oxidation sites excluding steroid dienone is 4. The highest BCUT2D eigenvalue weighted by atomic mass is 31.2. The van der Waals surface area contributed by atoms with E-state index in [2.05, 4.69) is 52.0 Å². The van der Waals surface area contributed by atoms with Crippen molar-refractivity contribution >= 4 is 39.5 Å². The molecule has 0 fully saturated rings. The Bertz CT molecular complexity index is 1950. The smallest absolute Gasteiger partial charge is 0.462 e. The van der Waals surface area contributed by atoms with Crippen LogP contribution in [0.15, 0.2) is 24.3 Å². The van der Waals surface area contributed by atoms with Gasteiger partial charge in [0.05, 0.1) is 26.4 Å². The molecular formula is C79H150O17P2. The molecule has 98 heavy (non-hydrogen) atoms. The molecule has 0 amide bonds. The molecule has 19 heteroatoms. The van der Waals surface area contributed by atoms with Gasteiger partial charge in [-0.1, -0.05) is 322 Å². The first-order chi connectivity index (χ1) is 47.7. The van der Waals surface area contributed by atoms with Crippen LogP contribution in [-0.2, 0) is 65.4 Å². The van der Waals surface area contributed by atoms with E-state index >= 15 is 0 Å². The summed E-state index contributed by atoms with van der Waals surface area (Å²) < 4.78 is 68.6. The standard InChI is InChI=1S/C79H150O17P2/c1-5-9-13-17-21-25-29-33-36-40-44-48-52-56-60-64-77(82)90-70-75(96-79(84)66-62-58-54-50-46-42-38-35-31-27-23-19-15-11-7-3)72-94-98(87,88)92-68-73(80)67-91-97(85,86)93-71-74(69-89-76(81)63-59-55-51-47-43-39-32-28-24-20-16-12-8-4)95-78(83)65-61-57-53-49-45-41-37-34-30-26-22-18-14-10-6-2/h28,32,34,37,73-75,80H,5-27,29-31,33,35-36,38-72H2,1-4H3,(H,85,86)(H,87,88)/b32-28-,37-34-/t73-,74-,75-/m1/s1. The summed E-state index contributed by atoms with van der Waals surface area (Å²) in [6.45, 7) is 4.95. The van der Waals surface area contributed by atoms with Crippen molar-refractivity contribution in [3.63, 3.8) is 0 Å². The molecule has 0 aliphatic carbocycles. The predicted molar refractivity (Wildman–Crippen MR) is 400 cm³/mol. The number of esters is 4. The van der Waals surface area contributed by atoms with Crippen LogP contribution in [0.2, 0.25) is 0 Å². The molecule has 0 saturated carbocycles. The van der Waals surface area contributed by atoms with Gasteiger partial charge in [-0.25, -0.2) is 9.13 Å². The van der Waals surface area contributed by atoms with Crippen LogP contribution in [0, 0.1) is 0 Å². The van der Waals surface area contributed by atoms with Gasteiger partial charge >= 0.3 is 39.5 Å². The van der Waals surface area contributed by atoms with Gasteiger partial charge < -0.3 is 33.8 Å². The van der Waals surface area contributed by atoms with Gasteiger partial charge in [0, 0.05) is 25.7 Å². The number of hydrogen-bond acceptors (Lipinski definition) is 15. The largest absolute Gasteiger partial charge is 0.472 e. The van der Waals surface area contributed by atoms with E-state index in [0.717, 1.165) is 122 Å². The molecule has 0 radical (unpaired) electrons. The van der Waals surface area contributed by atoms with Crippen LogP contribution in [0.25, 0.3) is 0 Å². The third-order valence-electron chi connectivity index (χ3n) is 17.9. The van der Waals surface area contributed by atoms with Gasteiger partial charge in [-0.05, 0) is 77.0 Å². The first-order valence-corrected chi connectivity index (χ1v) is 43.6. The van der Waals surface area contributed by atoms with Crippen molar-refractivity contribution in [2.24, 2.45) is 0 Å². The minimum absolute atomic E-state index is 0.0910. The average Bonchev–Trinajstić information content (AvgIpc) is 0.977. The Balaban J connectivity index is 5.30. The van der Waals surface area contributed by atoms with E-state index in [0.29, 0.717) is 25.7 Å². The SMILES string of the molecule is CCCCCC/C=C\CCCCCCCC(=O)OC[C@H](COP(=O)(O)OC[C@@H](O)COP(=O)(O)OC[C@@H](COC(=O)CCCCCCCCCCCCCCCCC)OC(=O)CCCCCCCCCCCCCCCCC)OC(=O)CCCCCCC/C=C\CCCCCCCC. The van der Waals surface area contributed by atoms with Gasteiger partial charge in [0.2, 0.25) is 0 Å². The van der Waals surface area contributed by atoms with Gasteiger partial charge in [0.25, 0.3) is 0 Å². The van der Waals surface area contributed by atoms with E-state index < -0.39 is 97.5 Å². The minimum Gasteiger partial charge on any atom is -0.462 e. The summed E-state index contributed by atoms with van der Waals surface area (Å²) in [6, 6.07) is 0. The molecule has 3 N–H and O–H groups in total. The molecule has 0 aromatic heterocycles. The van der Waals surface area contributed by atoms with Crippen LogP contribution in [0.4, 0.5) is 0 Å². The highest BCUT2D eigenvalue weighted by molar-refractivity contribution is 7.47. The maximum Gasteiger partial charge on any atom is 0.472 e. The number of rotatable bonds is 78. The third kappa shape index (κ3) is 71.9. The molecule has 2 unspecified atom stereocenters. The van der Waals surface area contributed by atoms with Gasteiger partial charge in [-0.3, -0.25) is 37.3 Å². The van der Waals surface area contributed by atoms with Crippen molar-refractivity contribution in [3.05, 3.63) is 24.3 Å². The average molecular weight is 1430 g/mol. The summed E-state index contributed by atoms with van der Waals surface area (Å²) in [4.78, 5) is 73.0. The highest BCUT2D eigenvalue weighted by Gasteiger charge is 2.30. The zero-order valence-corrected chi connectivity index (χ0v) is 65.0. The zero-order chi connectivity index (χ0) is 71.8. The lowest BCUT2D eigenvalue weighted by atomic mass is 10.0. The Morgan fingerprint density at radius 2 is 0.469 bits per heavy atom. The second-order valence-electron chi connectivity index (χ2n) is 27.7. The lowest BCUT2D eigenvalue weighted by Gasteiger charge is -2.21. The predicted octanol–water partition coefficient (Wildman–Crippen LogP) is 23.3. The molecule has 0 aromatic rings. The maximum absolute atomic E-state index is 13.1. The summed E-state index contributed by atoms with van der Waals surface area (Å²) in [5, 5.41) is 10.6. The first-order valence-electron chi connectivity index (χ1n) is 40.6. The van der Waals surface area contributed by atoms with Gasteiger partial charge in [-0.15, -0.1) is 0 Å². The number of aliphatic hydroxyl groups excluding tert-OH is 1. The summed E-state index contributed by atoms with van der Waals surface area (Å²) in [7, 11) is -9.93. The second-order valence-corrected chi connectivity index (χ2v) is 30.6. The molecular weight excluding hydrogens is 1280 g/mol. The lowest BCUT2D eigenvalue weighted by Crippen LogP contribution is -2.30. The van der Waals surface area contributed by atoms with Crippen LogP contribution in [0.5, 0.6) is 0 Å². The molecule has 578 valence electrons. The number of carbonyl (C=O) groups excluding carboxylic acids is 4. The van der Waals surface area contributed by atoms with E-state index in [4.69, 9.17) is 37.0 Å². The number of phosphoric acid groups is 2. The van der Waals surface area contributed by atoms with Crippen molar-refractivity contribution in [2.45, 2.75) is 418 Å². The van der Waals surface area contributed by atoms with E-state index in [-0.39, 0.29) is 25.7 Å². The molecule has 0 aliphatic heterocycles. The fourth-order valence-electron chi connectivity index (χ4n) is 11.7. The van der Waals surface area contributed by atoms with Crippen molar-refractivity contribution in [3.8, 4) is 0 Å². The van der Waals surface area contributed by atoms with Crippen LogP contribution >= 0.6 is 15.6 Å². The number of ether oxygens (including phenoxy) is 4. The fraction of sp³-hybridized carbons (Fsp3) is 0.899. The van der Waals surface area contributed by atoms with E-state index in [1.54, 1.807) is 0 Å². The molecule has 0 bridgehead atoms. The van der Waals surface area contributed by atoms with Crippen LogP contribution in [-0.4, -0.2) is 96.7 Å². The van der Waals surface area contributed by atoms with Crippen LogP contribution in [0.3, 0.4) is 0 Å². The van der Waals surface area contributed by atoms with Crippen LogP contribution in [0.1, 0.15) is 400 Å². The van der Waals surface area contributed by atoms with E-state index in [9.17, 15) is 43.2 Å². The van der Waals surface area contributed by atoms with Gasteiger partial charge in [0.1, 0.15) is 19.3 Å². The number of hydrogen-bond donors (Lipinski definition) is 3. The lowest BCUT2D eigenvalue weighted by molar-refractivity contribution is -0.161. The number of carbonyl (C=O) groups is 4. The summed E-state index contributed by atoms with van der Waals surface area (Å²) >= 11 is 0. The van der Waals surface area contributed by atoms with Crippen molar-refractivity contribution in [1.29, 1.82) is 0 Å². The van der Waals surface area contributed by atoms with Gasteiger partial charge in [-0.2, -0.15) is 0 Å². The minimum atomic E-state index is -4.97. The van der Waals surface area contributed by atoms with E-state index in [1.165, 1.54) is 199 Å². The quantitative estimate of drug-likeness (QED) is 0.0169. The maximum atomic E-state index is 13.1. The van der Waals surface area contributed by atoms with Gasteiger partial charge in [0.15, 0.2) is 12.2 Å². The van der Waals surface area contributed by atoms with Crippen molar-refractivity contribution < 1.29 is 80.2 Å². The Kier molecular flexibility index (Phi) is 71.0. The summed E-state index contributed by atoms with van der Waals surface area (Å²) in [5.74, 6) is -2.14. The molecule has 5 atom stereocenters. The van der Waals surface area contributed by atoms with Crippen molar-refractivity contribution in [2.75, 3.05) is 39.6 Å². The molecule has 0 aliphatic rings. The number of unbranched alkanes of at least 4 members (excludes halogenated alkanes) is 48. The van der Waals surface area contributed by atoms with E-state index in [1.807, 2.05) is 0 Å². The molecule has 0 heterocycles. The summed E-state index contributed by atoms with van der Waals surface area (Å²) in [6.07, 6.45) is 67.2. The Morgan fingerprint density at radius 3 is 0.714 bits per heavy atom. The zero-order valence-electron chi connectivity index (χ0n) is 63.2. The highest BCUT2D eigenvalue weighted by Crippen LogP contribution is 2.45.